The maximum atomic E-state index is 13.5. The molecule has 0 N–H and O–H groups in total. The van der Waals surface area contributed by atoms with Crippen molar-refractivity contribution in [3.05, 3.63) is 89.4 Å². The first-order chi connectivity index (χ1) is 15.1. The lowest BCUT2D eigenvalue weighted by molar-refractivity contribution is -0.126. The lowest BCUT2D eigenvalue weighted by Crippen LogP contribution is -2.37. The summed E-state index contributed by atoms with van der Waals surface area (Å²) in [5.74, 6) is -0.708. The SMILES string of the molecule is COc1ccc(N2C(=O)[C@H]3[C@H](ON(c4ccccc4)[C@@H]3c3ccc(Cl)cc3)C2=O)cc1. The van der Waals surface area contributed by atoms with Gasteiger partial charge in [0, 0.05) is 5.02 Å². The van der Waals surface area contributed by atoms with Crippen LogP contribution in [0, 0.1) is 5.92 Å². The third kappa shape index (κ3) is 3.24. The van der Waals surface area contributed by atoms with Crippen molar-refractivity contribution in [2.75, 3.05) is 17.1 Å². The summed E-state index contributed by atoms with van der Waals surface area (Å²) in [6.07, 6.45) is -0.907. The molecule has 0 aromatic heterocycles. The third-order valence-corrected chi connectivity index (χ3v) is 5.92. The number of imide groups is 1. The van der Waals surface area contributed by atoms with Crippen LogP contribution in [0.1, 0.15) is 11.6 Å². The molecule has 2 amide bonds. The molecule has 0 saturated carbocycles. The number of rotatable bonds is 4. The largest absolute Gasteiger partial charge is 0.497 e. The summed E-state index contributed by atoms with van der Waals surface area (Å²) in [7, 11) is 1.56. The number of hydroxylamine groups is 1. The van der Waals surface area contributed by atoms with Gasteiger partial charge in [0.2, 0.25) is 5.91 Å². The maximum absolute atomic E-state index is 13.5. The molecule has 2 saturated heterocycles. The van der Waals surface area contributed by atoms with Crippen LogP contribution in [-0.4, -0.2) is 25.0 Å². The van der Waals surface area contributed by atoms with Crippen LogP contribution in [0.3, 0.4) is 0 Å². The van der Waals surface area contributed by atoms with E-state index in [0.717, 1.165) is 11.3 Å². The zero-order valence-corrected chi connectivity index (χ0v) is 17.4. The highest BCUT2D eigenvalue weighted by molar-refractivity contribution is 6.30. The summed E-state index contributed by atoms with van der Waals surface area (Å²) in [5, 5.41) is 2.26. The van der Waals surface area contributed by atoms with Gasteiger partial charge in [0.1, 0.15) is 11.7 Å². The van der Waals surface area contributed by atoms with Gasteiger partial charge < -0.3 is 4.74 Å². The Morgan fingerprint density at radius 1 is 0.839 bits per heavy atom. The molecule has 7 heteroatoms. The first kappa shape index (κ1) is 19.6. The summed E-state index contributed by atoms with van der Waals surface area (Å²) in [4.78, 5) is 34.1. The Morgan fingerprint density at radius 2 is 1.52 bits per heavy atom. The van der Waals surface area contributed by atoms with Crippen molar-refractivity contribution in [2.24, 2.45) is 5.92 Å². The molecule has 3 aromatic carbocycles. The number of benzene rings is 3. The van der Waals surface area contributed by atoms with Crippen LogP contribution in [0.25, 0.3) is 0 Å². The summed E-state index contributed by atoms with van der Waals surface area (Å²) in [5.41, 5.74) is 2.11. The first-order valence-electron chi connectivity index (χ1n) is 9.87. The molecule has 156 valence electrons. The van der Waals surface area contributed by atoms with E-state index < -0.39 is 18.1 Å². The first-order valence-corrected chi connectivity index (χ1v) is 10.2. The van der Waals surface area contributed by atoms with Crippen LogP contribution in [0.4, 0.5) is 11.4 Å². The predicted octanol–water partition coefficient (Wildman–Crippen LogP) is 4.40. The molecule has 3 aromatic rings. The molecule has 31 heavy (non-hydrogen) atoms. The number of para-hydroxylation sites is 1. The van der Waals surface area contributed by atoms with Gasteiger partial charge in [-0.15, -0.1) is 0 Å². The van der Waals surface area contributed by atoms with Crippen LogP contribution in [0.2, 0.25) is 5.02 Å². The number of hydrogen-bond acceptors (Lipinski definition) is 5. The van der Waals surface area contributed by atoms with E-state index >= 15 is 0 Å². The second kappa shape index (κ2) is 7.72. The van der Waals surface area contributed by atoms with E-state index in [1.165, 1.54) is 4.90 Å². The fourth-order valence-electron chi connectivity index (χ4n) is 4.20. The van der Waals surface area contributed by atoms with Gasteiger partial charge in [-0.25, -0.2) is 9.96 Å². The molecular formula is C24H19ClN2O4. The highest BCUT2D eigenvalue weighted by Gasteiger charge is 2.60. The van der Waals surface area contributed by atoms with Gasteiger partial charge in [-0.3, -0.25) is 14.4 Å². The van der Waals surface area contributed by atoms with Crippen molar-refractivity contribution < 1.29 is 19.2 Å². The second-order valence-electron chi connectivity index (χ2n) is 7.42. The Kier molecular flexibility index (Phi) is 4.88. The monoisotopic (exact) mass is 434 g/mol. The number of nitrogens with zero attached hydrogens (tertiary/aromatic N) is 2. The number of methoxy groups -OCH3 is 1. The molecule has 0 unspecified atom stereocenters. The fraction of sp³-hybridized carbons (Fsp3) is 0.167. The van der Waals surface area contributed by atoms with E-state index in [1.54, 1.807) is 48.6 Å². The van der Waals surface area contributed by atoms with Crippen LogP contribution in [0.15, 0.2) is 78.9 Å². The molecule has 6 nitrogen and oxygen atoms in total. The van der Waals surface area contributed by atoms with E-state index in [-0.39, 0.29) is 11.8 Å². The normalized spacial score (nSPS) is 22.7. The van der Waals surface area contributed by atoms with Gasteiger partial charge in [0.25, 0.3) is 5.91 Å². The number of halogens is 1. The lowest BCUT2D eigenvalue weighted by atomic mass is 9.90. The van der Waals surface area contributed by atoms with Gasteiger partial charge in [0.15, 0.2) is 6.10 Å². The van der Waals surface area contributed by atoms with Crippen LogP contribution in [-0.2, 0) is 14.4 Å². The molecule has 5 rings (SSSR count). The molecule has 0 spiro atoms. The van der Waals surface area contributed by atoms with Gasteiger partial charge in [-0.1, -0.05) is 41.9 Å². The Hall–Kier alpha value is -3.35. The molecule has 2 aliphatic heterocycles. The van der Waals surface area contributed by atoms with Gasteiger partial charge in [-0.2, -0.15) is 0 Å². The van der Waals surface area contributed by atoms with Crippen molar-refractivity contribution in [1.82, 2.24) is 0 Å². The number of fused-ring (bicyclic) bond motifs is 1. The number of anilines is 2. The Morgan fingerprint density at radius 3 is 2.16 bits per heavy atom. The molecule has 2 heterocycles. The molecule has 0 aliphatic carbocycles. The smallest absolute Gasteiger partial charge is 0.266 e. The Labute approximate surface area is 184 Å². The fourth-order valence-corrected chi connectivity index (χ4v) is 4.32. The van der Waals surface area contributed by atoms with Crippen LogP contribution in [0.5, 0.6) is 5.75 Å². The van der Waals surface area contributed by atoms with Gasteiger partial charge in [0.05, 0.1) is 24.5 Å². The number of hydrogen-bond donors (Lipinski definition) is 0. The van der Waals surface area contributed by atoms with Crippen molar-refractivity contribution >= 4 is 34.8 Å². The summed E-state index contributed by atoms with van der Waals surface area (Å²) in [6.45, 7) is 0. The third-order valence-electron chi connectivity index (χ3n) is 5.67. The maximum Gasteiger partial charge on any atom is 0.266 e. The zero-order chi connectivity index (χ0) is 21.5. The number of carbonyl (C=O) groups excluding carboxylic acids is 2. The average molecular weight is 435 g/mol. The predicted molar refractivity (Wildman–Crippen MR) is 117 cm³/mol. The average Bonchev–Trinajstić information content (AvgIpc) is 3.31. The number of ether oxygens (including phenoxy) is 1. The Balaban J connectivity index is 1.56. The molecule has 0 radical (unpaired) electrons. The number of amides is 2. The molecule has 2 fully saturated rings. The van der Waals surface area contributed by atoms with Gasteiger partial charge >= 0.3 is 0 Å². The number of carbonyl (C=O) groups is 2. The molecule has 2 aliphatic rings. The summed E-state index contributed by atoms with van der Waals surface area (Å²) >= 11 is 6.08. The minimum atomic E-state index is -0.907. The second-order valence-corrected chi connectivity index (χ2v) is 7.86. The molecular weight excluding hydrogens is 416 g/mol. The molecule has 3 atom stereocenters. The zero-order valence-electron chi connectivity index (χ0n) is 16.6. The van der Waals surface area contributed by atoms with E-state index in [1.807, 2.05) is 42.5 Å². The highest BCUT2D eigenvalue weighted by atomic mass is 35.5. The summed E-state index contributed by atoms with van der Waals surface area (Å²) in [6, 6.07) is 23.1. The topological polar surface area (TPSA) is 59.1 Å². The lowest BCUT2D eigenvalue weighted by Gasteiger charge is -2.28. The van der Waals surface area contributed by atoms with E-state index in [9.17, 15) is 9.59 Å². The Bertz CT molecular complexity index is 1120. The van der Waals surface area contributed by atoms with E-state index in [0.29, 0.717) is 16.5 Å². The van der Waals surface area contributed by atoms with E-state index in [2.05, 4.69) is 0 Å². The minimum absolute atomic E-state index is 0.293. The van der Waals surface area contributed by atoms with Crippen molar-refractivity contribution in [1.29, 1.82) is 0 Å². The van der Waals surface area contributed by atoms with Gasteiger partial charge in [-0.05, 0) is 54.1 Å². The standard InChI is InChI=1S/C24H19ClN2O4/c1-30-19-13-11-17(12-14-19)26-23(28)20-21(15-7-9-16(25)10-8-15)27(31-22(20)24(26)29)18-5-3-2-4-6-18/h2-14,20-22H,1H3/t20-,21-,22+/m1/s1. The van der Waals surface area contributed by atoms with Crippen molar-refractivity contribution in [2.45, 2.75) is 12.1 Å². The van der Waals surface area contributed by atoms with Crippen molar-refractivity contribution in [3.8, 4) is 5.75 Å². The van der Waals surface area contributed by atoms with E-state index in [4.69, 9.17) is 21.2 Å². The summed E-state index contributed by atoms with van der Waals surface area (Å²) < 4.78 is 5.18. The van der Waals surface area contributed by atoms with Crippen LogP contribution >= 0.6 is 11.6 Å². The minimum Gasteiger partial charge on any atom is -0.497 e. The highest BCUT2D eigenvalue weighted by Crippen LogP contribution is 2.47. The van der Waals surface area contributed by atoms with Crippen LogP contribution < -0.4 is 14.7 Å². The molecule has 0 bridgehead atoms. The van der Waals surface area contributed by atoms with Crippen molar-refractivity contribution in [3.63, 3.8) is 0 Å². The quantitative estimate of drug-likeness (QED) is 0.570.